The number of esters is 1. The van der Waals surface area contributed by atoms with Crippen molar-refractivity contribution in [1.29, 1.82) is 0 Å². The molecule has 1 aliphatic rings. The van der Waals surface area contributed by atoms with Gasteiger partial charge in [-0.2, -0.15) is 0 Å². The van der Waals surface area contributed by atoms with Crippen LogP contribution >= 0.6 is 0 Å². The summed E-state index contributed by atoms with van der Waals surface area (Å²) in [6.07, 6.45) is -1.21. The first-order valence-electron chi connectivity index (χ1n) is 9.34. The van der Waals surface area contributed by atoms with Gasteiger partial charge in [-0.1, -0.05) is 30.3 Å². The van der Waals surface area contributed by atoms with Crippen LogP contribution in [0.1, 0.15) is 50.3 Å². The molecule has 1 amide bonds. The summed E-state index contributed by atoms with van der Waals surface area (Å²) in [4.78, 5) is 29.4. The number of nitrogens with two attached hydrogens (primary N) is 1. The maximum Gasteiger partial charge on any atom is 0.313 e. The Morgan fingerprint density at radius 2 is 1.83 bits per heavy atom. The number of hydrogen-bond acceptors (Lipinski definition) is 5. The number of nitrogens with one attached hydrogen (secondary N) is 1. The van der Waals surface area contributed by atoms with Crippen LogP contribution in [0.15, 0.2) is 47.5 Å². The van der Waals surface area contributed by atoms with Gasteiger partial charge in [-0.15, -0.1) is 0 Å². The van der Waals surface area contributed by atoms with E-state index in [1.54, 1.807) is 64.1 Å². The SMILES string of the molecule is CC(C(=O)OC(C)(C)C)c1cccc2c1NC(=O)C(N)N=C2c1ccccc1F. The van der Waals surface area contributed by atoms with Crippen LogP contribution in [0.5, 0.6) is 0 Å². The van der Waals surface area contributed by atoms with Crippen molar-refractivity contribution in [1.82, 2.24) is 0 Å². The Hall–Kier alpha value is -3.06. The zero-order valence-electron chi connectivity index (χ0n) is 16.8. The first-order chi connectivity index (χ1) is 13.6. The standard InChI is InChI=1S/C22H24FN3O3/c1-12(21(28)29-22(2,3)4)13-9-7-10-15-17(13)26-20(27)19(24)25-18(15)14-8-5-6-11-16(14)23/h5-12,19H,24H2,1-4H3,(H,26,27). The van der Waals surface area contributed by atoms with Gasteiger partial charge >= 0.3 is 5.97 Å². The molecule has 0 bridgehead atoms. The lowest BCUT2D eigenvalue weighted by atomic mass is 9.92. The molecule has 2 atom stereocenters. The Balaban J connectivity index is 2.15. The molecule has 6 nitrogen and oxygen atoms in total. The summed E-state index contributed by atoms with van der Waals surface area (Å²) in [7, 11) is 0. The molecule has 29 heavy (non-hydrogen) atoms. The van der Waals surface area contributed by atoms with E-state index >= 15 is 0 Å². The van der Waals surface area contributed by atoms with Gasteiger partial charge in [-0.25, -0.2) is 4.39 Å². The minimum atomic E-state index is -1.21. The summed E-state index contributed by atoms with van der Waals surface area (Å²) in [5.41, 5.74) is 7.13. The van der Waals surface area contributed by atoms with Gasteiger partial charge in [0.05, 0.1) is 17.3 Å². The quantitative estimate of drug-likeness (QED) is 0.777. The molecule has 2 aromatic rings. The number of carbonyl (C=O) groups excluding carboxylic acids is 2. The van der Waals surface area contributed by atoms with E-state index in [2.05, 4.69) is 10.3 Å². The third-order valence-corrected chi connectivity index (χ3v) is 4.49. The van der Waals surface area contributed by atoms with E-state index in [1.165, 1.54) is 6.07 Å². The van der Waals surface area contributed by atoms with E-state index in [0.29, 0.717) is 16.8 Å². The lowest BCUT2D eigenvalue weighted by Crippen LogP contribution is -2.33. The summed E-state index contributed by atoms with van der Waals surface area (Å²) < 4.78 is 20.0. The van der Waals surface area contributed by atoms with Crippen LogP contribution in [0.2, 0.25) is 0 Å². The molecule has 0 saturated carbocycles. The van der Waals surface area contributed by atoms with Crippen molar-refractivity contribution in [3.05, 3.63) is 65.0 Å². The topological polar surface area (TPSA) is 93.8 Å². The fourth-order valence-corrected chi connectivity index (χ4v) is 3.12. The van der Waals surface area contributed by atoms with Crippen LogP contribution < -0.4 is 11.1 Å². The van der Waals surface area contributed by atoms with E-state index < -0.39 is 35.4 Å². The summed E-state index contributed by atoms with van der Waals surface area (Å²) in [5, 5.41) is 2.75. The fourth-order valence-electron chi connectivity index (χ4n) is 3.12. The maximum absolute atomic E-state index is 14.5. The number of nitrogens with zero attached hydrogens (tertiary/aromatic N) is 1. The molecule has 3 rings (SSSR count). The van der Waals surface area contributed by atoms with Crippen molar-refractivity contribution in [2.24, 2.45) is 10.7 Å². The predicted octanol–water partition coefficient (Wildman–Crippen LogP) is 3.35. The van der Waals surface area contributed by atoms with Crippen molar-refractivity contribution in [3.8, 4) is 0 Å². The summed E-state index contributed by atoms with van der Waals surface area (Å²) in [5.74, 6) is -2.12. The highest BCUT2D eigenvalue weighted by molar-refractivity contribution is 6.20. The van der Waals surface area contributed by atoms with Crippen LogP contribution in [0, 0.1) is 5.82 Å². The number of carbonyl (C=O) groups is 2. The van der Waals surface area contributed by atoms with Crippen LogP contribution in [-0.4, -0.2) is 29.4 Å². The van der Waals surface area contributed by atoms with Crippen molar-refractivity contribution >= 4 is 23.3 Å². The van der Waals surface area contributed by atoms with E-state index in [-0.39, 0.29) is 11.3 Å². The van der Waals surface area contributed by atoms with Crippen LogP contribution in [0.25, 0.3) is 0 Å². The highest BCUT2D eigenvalue weighted by atomic mass is 19.1. The second kappa shape index (κ2) is 7.75. The minimum absolute atomic E-state index is 0.225. The van der Waals surface area contributed by atoms with E-state index in [0.717, 1.165) is 0 Å². The fraction of sp³-hybridized carbons (Fsp3) is 0.318. The Morgan fingerprint density at radius 1 is 1.17 bits per heavy atom. The van der Waals surface area contributed by atoms with Crippen molar-refractivity contribution in [3.63, 3.8) is 0 Å². The number of ether oxygens (including phenoxy) is 1. The Morgan fingerprint density at radius 3 is 2.48 bits per heavy atom. The highest BCUT2D eigenvalue weighted by Gasteiger charge is 2.30. The van der Waals surface area contributed by atoms with Crippen molar-refractivity contribution in [2.45, 2.75) is 45.4 Å². The second-order valence-corrected chi connectivity index (χ2v) is 7.92. The molecule has 152 valence electrons. The van der Waals surface area contributed by atoms with Crippen molar-refractivity contribution in [2.75, 3.05) is 5.32 Å². The van der Waals surface area contributed by atoms with Gasteiger partial charge in [-0.05, 0) is 45.4 Å². The van der Waals surface area contributed by atoms with E-state index in [9.17, 15) is 14.0 Å². The number of anilines is 1. The number of halogens is 1. The molecule has 0 fully saturated rings. The number of benzodiazepines with no additional fused rings is 1. The molecule has 2 unspecified atom stereocenters. The number of rotatable bonds is 3. The molecule has 1 aliphatic heterocycles. The lowest BCUT2D eigenvalue weighted by Gasteiger charge is -2.24. The van der Waals surface area contributed by atoms with Crippen LogP contribution in [0.3, 0.4) is 0 Å². The Bertz CT molecular complexity index is 995. The molecular weight excluding hydrogens is 373 g/mol. The number of benzene rings is 2. The molecule has 0 aromatic heterocycles. The smallest absolute Gasteiger partial charge is 0.313 e. The second-order valence-electron chi connectivity index (χ2n) is 7.92. The van der Waals surface area contributed by atoms with Gasteiger partial charge in [-0.3, -0.25) is 14.6 Å². The van der Waals surface area contributed by atoms with Crippen molar-refractivity contribution < 1.29 is 18.7 Å². The number of fused-ring (bicyclic) bond motifs is 1. The lowest BCUT2D eigenvalue weighted by molar-refractivity contribution is -0.156. The molecule has 0 spiro atoms. The number of aliphatic imine (C=N–C) groups is 1. The van der Waals surface area contributed by atoms with Gasteiger partial charge in [0.15, 0.2) is 6.17 Å². The number of amides is 1. The maximum atomic E-state index is 14.5. The molecular formula is C22H24FN3O3. The minimum Gasteiger partial charge on any atom is -0.460 e. The zero-order chi connectivity index (χ0) is 21.3. The first-order valence-corrected chi connectivity index (χ1v) is 9.34. The third kappa shape index (κ3) is 4.35. The molecule has 0 saturated heterocycles. The van der Waals surface area contributed by atoms with E-state index in [1.807, 2.05) is 0 Å². The van der Waals surface area contributed by atoms with Gasteiger partial charge in [0.1, 0.15) is 11.4 Å². The first kappa shape index (κ1) is 20.7. The Kier molecular flexibility index (Phi) is 5.53. The van der Waals surface area contributed by atoms with Gasteiger partial charge in [0.25, 0.3) is 5.91 Å². The molecule has 7 heteroatoms. The Labute approximate surface area is 169 Å². The third-order valence-electron chi connectivity index (χ3n) is 4.49. The summed E-state index contributed by atoms with van der Waals surface area (Å²) >= 11 is 0. The summed E-state index contributed by atoms with van der Waals surface area (Å²) in [6.45, 7) is 7.05. The van der Waals surface area contributed by atoms with Gasteiger partial charge in [0.2, 0.25) is 0 Å². The van der Waals surface area contributed by atoms with E-state index in [4.69, 9.17) is 10.5 Å². The molecule has 1 heterocycles. The normalized spacial score (nSPS) is 17.5. The van der Waals surface area contributed by atoms with Crippen LogP contribution in [-0.2, 0) is 14.3 Å². The average Bonchev–Trinajstić information content (AvgIpc) is 2.76. The molecule has 0 radical (unpaired) electrons. The zero-order valence-corrected chi connectivity index (χ0v) is 16.8. The van der Waals surface area contributed by atoms with Gasteiger partial charge < -0.3 is 15.8 Å². The summed E-state index contributed by atoms with van der Waals surface area (Å²) in [6, 6.07) is 11.3. The average molecular weight is 397 g/mol. The predicted molar refractivity (Wildman–Crippen MR) is 109 cm³/mol. The number of hydrogen-bond donors (Lipinski definition) is 2. The molecule has 0 aliphatic carbocycles. The highest BCUT2D eigenvalue weighted by Crippen LogP contribution is 2.33. The van der Waals surface area contributed by atoms with Gasteiger partial charge in [0, 0.05) is 11.1 Å². The molecule has 3 N–H and O–H groups in total. The monoisotopic (exact) mass is 397 g/mol. The van der Waals surface area contributed by atoms with Crippen LogP contribution in [0.4, 0.5) is 10.1 Å². The largest absolute Gasteiger partial charge is 0.460 e. The molecule has 2 aromatic carbocycles. The number of para-hydroxylation sites is 1.